The Kier molecular flexibility index (Phi) is 1.39. The molecule has 0 unspecified atom stereocenters. The van der Waals surface area contributed by atoms with Gasteiger partial charge >= 0.3 is 0 Å². The molecule has 5 nitrogen and oxygen atoms in total. The lowest BCUT2D eigenvalue weighted by atomic mass is 10.4. The van der Waals surface area contributed by atoms with Gasteiger partial charge in [-0.1, -0.05) is 5.21 Å². The molecule has 0 saturated heterocycles. The maximum Gasteiger partial charge on any atom is 0.177 e. The summed E-state index contributed by atoms with van der Waals surface area (Å²) in [6, 6.07) is 0. The quantitative estimate of drug-likeness (QED) is 0.618. The van der Waals surface area contributed by atoms with Gasteiger partial charge in [0.1, 0.15) is 0 Å². The molecular formula is C7H11N5. The normalized spacial score (nSPS) is 11.2. The van der Waals surface area contributed by atoms with E-state index >= 15 is 0 Å². The monoisotopic (exact) mass is 165 g/mol. The van der Waals surface area contributed by atoms with E-state index in [4.69, 9.17) is 0 Å². The van der Waals surface area contributed by atoms with Crippen LogP contribution in [-0.2, 0) is 13.6 Å². The van der Waals surface area contributed by atoms with Crippen LogP contribution in [0, 0.1) is 6.92 Å². The fraction of sp³-hybridized carbons (Fsp3) is 0.571. The van der Waals surface area contributed by atoms with Crippen LogP contribution in [0.15, 0.2) is 0 Å². The highest BCUT2D eigenvalue weighted by atomic mass is 15.5. The fourth-order valence-electron chi connectivity index (χ4n) is 1.40. The van der Waals surface area contributed by atoms with Crippen LogP contribution < -0.4 is 0 Å². The molecule has 0 aliphatic carbocycles. The number of hydrogen-bond acceptors (Lipinski definition) is 3. The van der Waals surface area contributed by atoms with Gasteiger partial charge in [-0.15, -0.1) is 5.10 Å². The molecule has 0 bridgehead atoms. The zero-order valence-electron chi connectivity index (χ0n) is 7.44. The summed E-state index contributed by atoms with van der Waals surface area (Å²) in [4.78, 5) is 0. The lowest BCUT2D eigenvalue weighted by Gasteiger charge is -1.95. The van der Waals surface area contributed by atoms with Crippen molar-refractivity contribution in [2.75, 3.05) is 0 Å². The van der Waals surface area contributed by atoms with Gasteiger partial charge in [-0.3, -0.25) is 0 Å². The highest BCUT2D eigenvalue weighted by molar-refractivity contribution is 5.72. The molecule has 64 valence electrons. The zero-order valence-corrected chi connectivity index (χ0v) is 7.44. The van der Waals surface area contributed by atoms with E-state index in [2.05, 4.69) is 15.4 Å². The van der Waals surface area contributed by atoms with E-state index in [1.165, 1.54) is 0 Å². The van der Waals surface area contributed by atoms with Crippen molar-refractivity contribution in [2.24, 2.45) is 7.05 Å². The van der Waals surface area contributed by atoms with Gasteiger partial charge in [-0.05, 0) is 13.8 Å². The first-order valence-electron chi connectivity index (χ1n) is 3.96. The predicted octanol–water partition coefficient (Wildman–Crippen LogP) is 0.493. The Morgan fingerprint density at radius 3 is 2.83 bits per heavy atom. The van der Waals surface area contributed by atoms with Gasteiger partial charge in [0.2, 0.25) is 0 Å². The first-order valence-corrected chi connectivity index (χ1v) is 3.96. The third-order valence-corrected chi connectivity index (χ3v) is 1.96. The first-order chi connectivity index (χ1) is 5.74. The molecule has 2 aromatic rings. The first kappa shape index (κ1) is 7.27. The summed E-state index contributed by atoms with van der Waals surface area (Å²) < 4.78 is 3.66. The molecule has 0 aromatic carbocycles. The number of fused-ring (bicyclic) bond motifs is 1. The van der Waals surface area contributed by atoms with Crippen molar-refractivity contribution in [1.82, 2.24) is 24.8 Å². The van der Waals surface area contributed by atoms with E-state index in [1.54, 1.807) is 0 Å². The van der Waals surface area contributed by atoms with Crippen molar-refractivity contribution < 1.29 is 0 Å². The second-order valence-corrected chi connectivity index (χ2v) is 2.79. The van der Waals surface area contributed by atoms with Crippen LogP contribution >= 0.6 is 0 Å². The van der Waals surface area contributed by atoms with Gasteiger partial charge in [-0.2, -0.15) is 5.10 Å². The SMILES string of the molecule is CCn1nnc2c(C)nn(C)c21. The summed E-state index contributed by atoms with van der Waals surface area (Å²) in [5.74, 6) is 0. The van der Waals surface area contributed by atoms with E-state index in [0.29, 0.717) is 0 Å². The average molecular weight is 165 g/mol. The molecule has 12 heavy (non-hydrogen) atoms. The molecule has 2 rings (SSSR count). The van der Waals surface area contributed by atoms with E-state index in [1.807, 2.05) is 30.3 Å². The smallest absolute Gasteiger partial charge is 0.177 e. The summed E-state index contributed by atoms with van der Waals surface area (Å²) in [7, 11) is 1.91. The van der Waals surface area contributed by atoms with Crippen LogP contribution in [-0.4, -0.2) is 24.8 Å². The summed E-state index contributed by atoms with van der Waals surface area (Å²) in [6.45, 7) is 4.81. The van der Waals surface area contributed by atoms with Crippen molar-refractivity contribution in [3.63, 3.8) is 0 Å². The maximum absolute atomic E-state index is 4.25. The summed E-state index contributed by atoms with van der Waals surface area (Å²) >= 11 is 0. The van der Waals surface area contributed by atoms with E-state index in [9.17, 15) is 0 Å². The Bertz CT molecular complexity index is 411. The highest BCUT2D eigenvalue weighted by Gasteiger charge is 2.11. The van der Waals surface area contributed by atoms with Crippen molar-refractivity contribution in [2.45, 2.75) is 20.4 Å². The molecule has 2 aromatic heterocycles. The lowest BCUT2D eigenvalue weighted by molar-refractivity contribution is 0.614. The Morgan fingerprint density at radius 2 is 2.17 bits per heavy atom. The van der Waals surface area contributed by atoms with Gasteiger partial charge in [0.25, 0.3) is 0 Å². The predicted molar refractivity (Wildman–Crippen MR) is 44.7 cm³/mol. The van der Waals surface area contributed by atoms with Crippen molar-refractivity contribution in [3.05, 3.63) is 5.69 Å². The molecule has 0 saturated carbocycles. The van der Waals surface area contributed by atoms with E-state index in [0.717, 1.165) is 23.4 Å². The maximum atomic E-state index is 4.25. The number of aromatic nitrogens is 5. The second-order valence-electron chi connectivity index (χ2n) is 2.79. The molecule has 0 amide bonds. The molecule has 0 N–H and O–H groups in total. The molecule has 0 spiro atoms. The minimum atomic E-state index is 0.829. The van der Waals surface area contributed by atoms with Crippen molar-refractivity contribution >= 4 is 11.2 Å². The van der Waals surface area contributed by atoms with Crippen LogP contribution in [0.25, 0.3) is 11.2 Å². The van der Waals surface area contributed by atoms with Gasteiger partial charge in [0, 0.05) is 13.6 Å². The van der Waals surface area contributed by atoms with Crippen LogP contribution in [0.1, 0.15) is 12.6 Å². The topological polar surface area (TPSA) is 48.5 Å². The average Bonchev–Trinajstić information content (AvgIpc) is 2.55. The molecule has 0 radical (unpaired) electrons. The molecule has 0 atom stereocenters. The third kappa shape index (κ3) is 0.760. The number of rotatable bonds is 1. The Balaban J connectivity index is 2.84. The molecule has 2 heterocycles. The molecule has 0 aliphatic rings. The largest absolute Gasteiger partial charge is 0.249 e. The lowest BCUT2D eigenvalue weighted by Crippen LogP contribution is -2.02. The molecule has 5 heteroatoms. The van der Waals surface area contributed by atoms with Gasteiger partial charge < -0.3 is 0 Å². The fourth-order valence-corrected chi connectivity index (χ4v) is 1.40. The number of aryl methyl sites for hydroxylation is 3. The number of nitrogens with zero attached hydrogens (tertiary/aromatic N) is 5. The van der Waals surface area contributed by atoms with E-state index < -0.39 is 0 Å². The molecular weight excluding hydrogens is 154 g/mol. The minimum absolute atomic E-state index is 0.829. The molecule has 0 aliphatic heterocycles. The summed E-state index contributed by atoms with van der Waals surface area (Å²) in [6.07, 6.45) is 0. The van der Waals surface area contributed by atoms with Gasteiger partial charge in [-0.25, -0.2) is 9.36 Å². The van der Waals surface area contributed by atoms with Crippen LogP contribution in [0.4, 0.5) is 0 Å². The summed E-state index contributed by atoms with van der Waals surface area (Å²) in [5.41, 5.74) is 2.83. The van der Waals surface area contributed by atoms with E-state index in [-0.39, 0.29) is 0 Å². The Labute approximate surface area is 70.0 Å². The standard InChI is InChI=1S/C7H11N5/c1-4-12-7-6(8-10-12)5(2)9-11(7)3/h4H2,1-3H3. The van der Waals surface area contributed by atoms with Crippen LogP contribution in [0.5, 0.6) is 0 Å². The Hall–Kier alpha value is -1.39. The van der Waals surface area contributed by atoms with Gasteiger partial charge in [0.15, 0.2) is 11.2 Å². The summed E-state index contributed by atoms with van der Waals surface area (Å²) in [5, 5.41) is 12.3. The van der Waals surface area contributed by atoms with Gasteiger partial charge in [0.05, 0.1) is 5.69 Å². The number of hydrogen-bond donors (Lipinski definition) is 0. The third-order valence-electron chi connectivity index (χ3n) is 1.96. The second kappa shape index (κ2) is 2.30. The van der Waals surface area contributed by atoms with Crippen LogP contribution in [0.3, 0.4) is 0 Å². The van der Waals surface area contributed by atoms with Crippen molar-refractivity contribution in [3.8, 4) is 0 Å². The van der Waals surface area contributed by atoms with Crippen LogP contribution in [0.2, 0.25) is 0 Å². The van der Waals surface area contributed by atoms with Crippen molar-refractivity contribution in [1.29, 1.82) is 0 Å². The minimum Gasteiger partial charge on any atom is -0.249 e. The highest BCUT2D eigenvalue weighted by Crippen LogP contribution is 2.12. The molecule has 0 fully saturated rings. The Morgan fingerprint density at radius 1 is 1.42 bits per heavy atom. The zero-order chi connectivity index (χ0) is 8.72.